The number of aryl methyl sites for hydroxylation is 1. The highest BCUT2D eigenvalue weighted by Crippen LogP contribution is 2.18. The summed E-state index contributed by atoms with van der Waals surface area (Å²) in [6.45, 7) is 3.94. The molecular weight excluding hydrogens is 200 g/mol. The first kappa shape index (κ1) is 11.0. The standard InChI is InChI=1S/C9H14N2O2S/c1-3-11-14(12,13)9-5-4-7(2)6-8(9)10/h4-6,11H,3,10H2,1-2H3. The second-order valence-electron chi connectivity index (χ2n) is 3.04. The van der Waals surface area contributed by atoms with E-state index in [9.17, 15) is 8.42 Å². The molecule has 0 radical (unpaired) electrons. The Hall–Kier alpha value is -1.07. The minimum absolute atomic E-state index is 0.143. The quantitative estimate of drug-likeness (QED) is 0.733. The Bertz CT molecular complexity index is 426. The van der Waals surface area contributed by atoms with Crippen LogP contribution in [0.4, 0.5) is 5.69 Å². The molecule has 0 amide bonds. The van der Waals surface area contributed by atoms with Crippen molar-refractivity contribution < 1.29 is 8.42 Å². The minimum atomic E-state index is -3.43. The van der Waals surface area contributed by atoms with Gasteiger partial charge in [-0.2, -0.15) is 0 Å². The topological polar surface area (TPSA) is 72.2 Å². The van der Waals surface area contributed by atoms with Crippen LogP contribution in [0.15, 0.2) is 23.1 Å². The third-order valence-corrected chi connectivity index (χ3v) is 3.41. The highest BCUT2D eigenvalue weighted by molar-refractivity contribution is 7.89. The summed E-state index contributed by atoms with van der Waals surface area (Å²) in [5.41, 5.74) is 6.84. The second kappa shape index (κ2) is 3.98. The molecule has 0 atom stereocenters. The maximum absolute atomic E-state index is 11.6. The molecule has 78 valence electrons. The molecule has 0 aromatic heterocycles. The molecule has 0 bridgehead atoms. The normalized spacial score (nSPS) is 11.6. The molecule has 0 heterocycles. The first-order chi connectivity index (χ1) is 6.47. The number of benzene rings is 1. The monoisotopic (exact) mass is 214 g/mol. The predicted molar refractivity (Wildman–Crippen MR) is 56.5 cm³/mol. The number of nitrogens with one attached hydrogen (secondary N) is 1. The molecule has 14 heavy (non-hydrogen) atoms. The van der Waals surface area contributed by atoms with E-state index in [1.165, 1.54) is 6.07 Å². The van der Waals surface area contributed by atoms with Gasteiger partial charge in [-0.05, 0) is 24.6 Å². The fraction of sp³-hybridized carbons (Fsp3) is 0.333. The third-order valence-electron chi connectivity index (χ3n) is 1.79. The van der Waals surface area contributed by atoms with Crippen molar-refractivity contribution in [3.8, 4) is 0 Å². The molecule has 0 saturated carbocycles. The van der Waals surface area contributed by atoms with E-state index in [4.69, 9.17) is 5.73 Å². The van der Waals surface area contributed by atoms with Gasteiger partial charge in [0.2, 0.25) is 10.0 Å². The molecule has 1 rings (SSSR count). The average Bonchev–Trinajstić information content (AvgIpc) is 2.02. The van der Waals surface area contributed by atoms with Crippen LogP contribution in [0.1, 0.15) is 12.5 Å². The van der Waals surface area contributed by atoms with Crippen LogP contribution in [0, 0.1) is 6.92 Å². The van der Waals surface area contributed by atoms with E-state index in [2.05, 4.69) is 4.72 Å². The Labute approximate surface area is 84.2 Å². The van der Waals surface area contributed by atoms with E-state index in [1.54, 1.807) is 19.1 Å². The van der Waals surface area contributed by atoms with Crippen LogP contribution >= 0.6 is 0 Å². The van der Waals surface area contributed by atoms with Gasteiger partial charge in [0.25, 0.3) is 0 Å². The van der Waals surface area contributed by atoms with Crippen LogP contribution in [0.25, 0.3) is 0 Å². The Morgan fingerprint density at radius 1 is 1.43 bits per heavy atom. The van der Waals surface area contributed by atoms with Crippen molar-refractivity contribution in [3.63, 3.8) is 0 Å². The Morgan fingerprint density at radius 2 is 2.07 bits per heavy atom. The van der Waals surface area contributed by atoms with Crippen molar-refractivity contribution in [3.05, 3.63) is 23.8 Å². The maximum atomic E-state index is 11.6. The van der Waals surface area contributed by atoms with Crippen LogP contribution in [0.2, 0.25) is 0 Å². The molecule has 0 aliphatic heterocycles. The van der Waals surface area contributed by atoms with Gasteiger partial charge in [-0.1, -0.05) is 13.0 Å². The van der Waals surface area contributed by atoms with Gasteiger partial charge in [0.15, 0.2) is 0 Å². The largest absolute Gasteiger partial charge is 0.398 e. The van der Waals surface area contributed by atoms with Gasteiger partial charge in [0.05, 0.1) is 5.69 Å². The number of nitrogen functional groups attached to an aromatic ring is 1. The SMILES string of the molecule is CCNS(=O)(=O)c1ccc(C)cc1N. The van der Waals surface area contributed by atoms with Crippen molar-refractivity contribution in [2.24, 2.45) is 0 Å². The summed E-state index contributed by atoms with van der Waals surface area (Å²) in [6.07, 6.45) is 0. The maximum Gasteiger partial charge on any atom is 0.242 e. The zero-order chi connectivity index (χ0) is 10.8. The number of nitrogens with two attached hydrogens (primary N) is 1. The van der Waals surface area contributed by atoms with E-state index in [0.29, 0.717) is 6.54 Å². The first-order valence-electron chi connectivity index (χ1n) is 4.33. The summed E-state index contributed by atoms with van der Waals surface area (Å²) >= 11 is 0. The Balaban J connectivity index is 3.20. The summed E-state index contributed by atoms with van der Waals surface area (Å²) in [7, 11) is -3.43. The molecule has 0 unspecified atom stereocenters. The van der Waals surface area contributed by atoms with Crippen molar-refractivity contribution >= 4 is 15.7 Å². The molecule has 1 aromatic rings. The fourth-order valence-electron chi connectivity index (χ4n) is 1.18. The van der Waals surface area contributed by atoms with Gasteiger partial charge in [0, 0.05) is 6.54 Å². The van der Waals surface area contributed by atoms with Crippen LogP contribution in [0.3, 0.4) is 0 Å². The summed E-state index contributed by atoms with van der Waals surface area (Å²) in [5.74, 6) is 0. The summed E-state index contributed by atoms with van der Waals surface area (Å²) in [6, 6.07) is 4.88. The highest BCUT2D eigenvalue weighted by Gasteiger charge is 2.15. The predicted octanol–water partition coefficient (Wildman–Crippen LogP) is 0.875. The lowest BCUT2D eigenvalue weighted by Crippen LogP contribution is -2.24. The van der Waals surface area contributed by atoms with Gasteiger partial charge in [-0.25, -0.2) is 13.1 Å². The van der Waals surface area contributed by atoms with Crippen LogP contribution in [-0.4, -0.2) is 15.0 Å². The zero-order valence-corrected chi connectivity index (χ0v) is 9.06. The third kappa shape index (κ3) is 2.24. The van der Waals surface area contributed by atoms with E-state index < -0.39 is 10.0 Å². The molecule has 5 heteroatoms. The molecule has 3 N–H and O–H groups in total. The van der Waals surface area contributed by atoms with Gasteiger partial charge in [0.1, 0.15) is 4.90 Å². The Kier molecular flexibility index (Phi) is 3.13. The lowest BCUT2D eigenvalue weighted by Gasteiger charge is -2.07. The van der Waals surface area contributed by atoms with Crippen molar-refractivity contribution in [1.29, 1.82) is 0 Å². The Morgan fingerprint density at radius 3 is 2.57 bits per heavy atom. The molecule has 0 aliphatic carbocycles. The van der Waals surface area contributed by atoms with Crippen LogP contribution < -0.4 is 10.5 Å². The molecule has 1 aromatic carbocycles. The summed E-state index contributed by atoms with van der Waals surface area (Å²) < 4.78 is 25.5. The number of sulfonamides is 1. The molecular formula is C9H14N2O2S. The smallest absolute Gasteiger partial charge is 0.242 e. The van der Waals surface area contributed by atoms with E-state index >= 15 is 0 Å². The fourth-order valence-corrected chi connectivity index (χ4v) is 2.33. The van der Waals surface area contributed by atoms with E-state index in [-0.39, 0.29) is 10.6 Å². The lowest BCUT2D eigenvalue weighted by molar-refractivity contribution is 0.584. The van der Waals surface area contributed by atoms with Crippen LogP contribution in [0.5, 0.6) is 0 Å². The molecule has 4 nitrogen and oxygen atoms in total. The van der Waals surface area contributed by atoms with Crippen molar-refractivity contribution in [2.75, 3.05) is 12.3 Å². The number of anilines is 1. The van der Waals surface area contributed by atoms with Gasteiger partial charge >= 0.3 is 0 Å². The van der Waals surface area contributed by atoms with Crippen LogP contribution in [-0.2, 0) is 10.0 Å². The molecule has 0 spiro atoms. The van der Waals surface area contributed by atoms with E-state index in [1.807, 2.05) is 6.92 Å². The molecule has 0 fully saturated rings. The summed E-state index contributed by atoms with van der Waals surface area (Å²) in [4.78, 5) is 0.143. The van der Waals surface area contributed by atoms with E-state index in [0.717, 1.165) is 5.56 Å². The number of hydrogen-bond acceptors (Lipinski definition) is 3. The number of rotatable bonds is 3. The first-order valence-corrected chi connectivity index (χ1v) is 5.81. The average molecular weight is 214 g/mol. The zero-order valence-electron chi connectivity index (χ0n) is 8.24. The number of hydrogen-bond donors (Lipinski definition) is 2. The second-order valence-corrected chi connectivity index (χ2v) is 4.78. The highest BCUT2D eigenvalue weighted by atomic mass is 32.2. The van der Waals surface area contributed by atoms with Gasteiger partial charge in [-0.15, -0.1) is 0 Å². The van der Waals surface area contributed by atoms with Gasteiger partial charge < -0.3 is 5.73 Å². The molecule has 0 aliphatic rings. The van der Waals surface area contributed by atoms with Gasteiger partial charge in [-0.3, -0.25) is 0 Å². The lowest BCUT2D eigenvalue weighted by atomic mass is 10.2. The minimum Gasteiger partial charge on any atom is -0.398 e. The van der Waals surface area contributed by atoms with Crippen molar-refractivity contribution in [1.82, 2.24) is 4.72 Å². The van der Waals surface area contributed by atoms with Crippen molar-refractivity contribution in [2.45, 2.75) is 18.7 Å². The molecule has 0 saturated heterocycles. The summed E-state index contributed by atoms with van der Waals surface area (Å²) in [5, 5.41) is 0.